The fraction of sp³-hybridized carbons (Fsp3) is 0.182. The van der Waals surface area contributed by atoms with Crippen LogP contribution in [0.25, 0.3) is 0 Å². The van der Waals surface area contributed by atoms with Crippen molar-refractivity contribution in [1.82, 2.24) is 16.2 Å². The zero-order valence-corrected chi connectivity index (χ0v) is 11.6. The number of benzene rings is 1. The molecule has 0 radical (unpaired) electrons. The van der Waals surface area contributed by atoms with Crippen LogP contribution in [-0.2, 0) is 9.59 Å². The smallest absolute Gasteiger partial charge is 0.276 e. The second-order valence-corrected chi connectivity index (χ2v) is 4.27. The van der Waals surface area contributed by atoms with Crippen molar-refractivity contribution in [1.29, 1.82) is 0 Å². The zero-order valence-electron chi connectivity index (χ0n) is 10.0. The summed E-state index contributed by atoms with van der Waals surface area (Å²) in [4.78, 5) is 22.0. The Bertz CT molecular complexity index is 479. The van der Waals surface area contributed by atoms with E-state index in [4.69, 9.17) is 28.6 Å². The summed E-state index contributed by atoms with van der Waals surface area (Å²) in [5.41, 5.74) is 4.63. The molecule has 0 aliphatic rings. The molecule has 102 valence electrons. The number of carbonyl (C=O) groups excluding carboxylic acids is 2. The van der Waals surface area contributed by atoms with Gasteiger partial charge in [0.15, 0.2) is 11.7 Å². The van der Waals surface area contributed by atoms with Crippen LogP contribution in [0.2, 0.25) is 5.02 Å². The third-order valence-electron chi connectivity index (χ3n) is 1.79. The van der Waals surface area contributed by atoms with Gasteiger partial charge in [-0.15, -0.1) is 0 Å². The first kappa shape index (κ1) is 15.2. The third kappa shape index (κ3) is 6.58. The molecule has 1 aromatic carbocycles. The van der Waals surface area contributed by atoms with Gasteiger partial charge < -0.3 is 10.1 Å². The predicted octanol–water partition coefficient (Wildman–Crippen LogP) is 0.761. The largest absolute Gasteiger partial charge is 0.484 e. The highest BCUT2D eigenvalue weighted by atomic mass is 35.5. The Balaban J connectivity index is 2.26. The van der Waals surface area contributed by atoms with Crippen molar-refractivity contribution in [3.05, 3.63) is 29.3 Å². The molecule has 0 aromatic heterocycles. The molecule has 0 heterocycles. The molecule has 0 bridgehead atoms. The first-order valence-electron chi connectivity index (χ1n) is 5.22. The van der Waals surface area contributed by atoms with Crippen LogP contribution in [0, 0.1) is 0 Å². The van der Waals surface area contributed by atoms with Gasteiger partial charge in [-0.25, -0.2) is 0 Å². The molecule has 3 N–H and O–H groups in total. The quantitative estimate of drug-likeness (QED) is 0.567. The van der Waals surface area contributed by atoms with Crippen LogP contribution in [-0.4, -0.2) is 23.5 Å². The van der Waals surface area contributed by atoms with Crippen LogP contribution in [0.5, 0.6) is 5.75 Å². The topological polar surface area (TPSA) is 79.5 Å². The first-order valence-corrected chi connectivity index (χ1v) is 6.01. The molecule has 6 nitrogen and oxygen atoms in total. The number of hydrazine groups is 1. The fourth-order valence-electron chi connectivity index (χ4n) is 1.03. The summed E-state index contributed by atoms with van der Waals surface area (Å²) in [5.74, 6) is -0.254. The molecule has 2 amide bonds. The Morgan fingerprint density at radius 3 is 2.47 bits per heavy atom. The molecule has 1 rings (SSSR count). The summed E-state index contributed by atoms with van der Waals surface area (Å²) < 4.78 is 5.19. The summed E-state index contributed by atoms with van der Waals surface area (Å²) in [6.07, 6.45) is 0. The van der Waals surface area contributed by atoms with Crippen LogP contribution >= 0.6 is 23.8 Å². The standard InChI is InChI=1S/C11H12ClN3O3S/c1-7(16)13-11(19)15-14-10(17)6-18-9-4-2-8(12)3-5-9/h2-5H,6H2,1H3,(H,14,17)(H2,13,15,16,19). The van der Waals surface area contributed by atoms with Gasteiger partial charge in [-0.2, -0.15) is 0 Å². The van der Waals surface area contributed by atoms with Crippen LogP contribution in [0.15, 0.2) is 24.3 Å². The summed E-state index contributed by atoms with van der Waals surface area (Å²) in [6.45, 7) is 1.11. The van der Waals surface area contributed by atoms with Crippen molar-refractivity contribution < 1.29 is 14.3 Å². The van der Waals surface area contributed by atoms with Crippen molar-refractivity contribution >= 4 is 40.7 Å². The Kier molecular flexibility index (Phi) is 6.04. The number of amides is 2. The van der Waals surface area contributed by atoms with E-state index in [0.717, 1.165) is 0 Å². The van der Waals surface area contributed by atoms with Gasteiger partial charge in [-0.3, -0.25) is 20.4 Å². The summed E-state index contributed by atoms with van der Waals surface area (Å²) in [6, 6.07) is 6.59. The molecular weight excluding hydrogens is 290 g/mol. The van der Waals surface area contributed by atoms with Gasteiger partial charge >= 0.3 is 0 Å². The van der Waals surface area contributed by atoms with E-state index in [1.165, 1.54) is 6.92 Å². The molecule has 0 aliphatic carbocycles. The highest BCUT2D eigenvalue weighted by Crippen LogP contribution is 2.15. The Morgan fingerprint density at radius 2 is 1.89 bits per heavy atom. The Hall–Kier alpha value is -1.86. The number of rotatable bonds is 3. The van der Waals surface area contributed by atoms with E-state index in [2.05, 4.69) is 16.2 Å². The SMILES string of the molecule is CC(=O)NC(=S)NNC(=O)COc1ccc(Cl)cc1. The lowest BCUT2D eigenvalue weighted by atomic mass is 10.3. The van der Waals surface area contributed by atoms with Gasteiger partial charge in [0.05, 0.1) is 0 Å². The molecule has 1 aromatic rings. The maximum Gasteiger partial charge on any atom is 0.276 e. The van der Waals surface area contributed by atoms with E-state index >= 15 is 0 Å². The van der Waals surface area contributed by atoms with Crippen molar-refractivity contribution in [2.75, 3.05) is 6.61 Å². The lowest BCUT2D eigenvalue weighted by molar-refractivity contribution is -0.124. The van der Waals surface area contributed by atoms with Gasteiger partial charge in [-0.05, 0) is 36.5 Å². The van der Waals surface area contributed by atoms with Gasteiger partial charge in [0, 0.05) is 11.9 Å². The highest BCUT2D eigenvalue weighted by Gasteiger charge is 2.04. The van der Waals surface area contributed by atoms with Crippen LogP contribution in [0.4, 0.5) is 0 Å². The monoisotopic (exact) mass is 301 g/mol. The normalized spacial score (nSPS) is 9.37. The van der Waals surface area contributed by atoms with Crippen molar-refractivity contribution in [2.24, 2.45) is 0 Å². The third-order valence-corrected chi connectivity index (χ3v) is 2.24. The fourth-order valence-corrected chi connectivity index (χ4v) is 1.35. The van der Waals surface area contributed by atoms with Crippen molar-refractivity contribution in [3.8, 4) is 5.75 Å². The van der Waals surface area contributed by atoms with E-state index in [0.29, 0.717) is 10.8 Å². The number of ether oxygens (including phenoxy) is 1. The van der Waals surface area contributed by atoms with E-state index < -0.39 is 5.91 Å². The molecule has 0 atom stereocenters. The number of thiocarbonyl (C=S) groups is 1. The average molecular weight is 302 g/mol. The molecule has 0 unspecified atom stereocenters. The molecule has 19 heavy (non-hydrogen) atoms. The number of halogens is 1. The first-order chi connectivity index (χ1) is 8.97. The molecule has 0 saturated carbocycles. The average Bonchev–Trinajstić information content (AvgIpc) is 2.35. The zero-order chi connectivity index (χ0) is 14.3. The Morgan fingerprint density at radius 1 is 1.26 bits per heavy atom. The minimum atomic E-state index is -0.442. The summed E-state index contributed by atoms with van der Waals surface area (Å²) >= 11 is 10.4. The van der Waals surface area contributed by atoms with E-state index in [-0.39, 0.29) is 17.6 Å². The second-order valence-electron chi connectivity index (χ2n) is 3.43. The maximum atomic E-state index is 11.4. The van der Waals surface area contributed by atoms with Crippen molar-refractivity contribution in [2.45, 2.75) is 6.92 Å². The number of nitrogens with one attached hydrogen (secondary N) is 3. The molecule has 0 saturated heterocycles. The maximum absolute atomic E-state index is 11.4. The predicted molar refractivity (Wildman–Crippen MR) is 74.6 cm³/mol. The number of hydrogen-bond donors (Lipinski definition) is 3. The lowest BCUT2D eigenvalue weighted by Crippen LogP contribution is -2.49. The summed E-state index contributed by atoms with van der Waals surface area (Å²) in [7, 11) is 0. The van der Waals surface area contributed by atoms with E-state index in [9.17, 15) is 9.59 Å². The molecule has 0 fully saturated rings. The van der Waals surface area contributed by atoms with Crippen molar-refractivity contribution in [3.63, 3.8) is 0 Å². The lowest BCUT2D eigenvalue weighted by Gasteiger charge is -2.10. The molecular formula is C11H12ClN3O3S. The highest BCUT2D eigenvalue weighted by molar-refractivity contribution is 7.80. The van der Waals surface area contributed by atoms with E-state index in [1.54, 1.807) is 24.3 Å². The molecule has 8 heteroatoms. The Labute approximate surface area is 120 Å². The van der Waals surface area contributed by atoms with Crippen LogP contribution in [0.3, 0.4) is 0 Å². The van der Waals surface area contributed by atoms with Crippen LogP contribution in [0.1, 0.15) is 6.92 Å². The second kappa shape index (κ2) is 7.55. The minimum absolute atomic E-state index is 0.00680. The molecule has 0 aliphatic heterocycles. The minimum Gasteiger partial charge on any atom is -0.484 e. The van der Waals surface area contributed by atoms with Gasteiger partial charge in [0.2, 0.25) is 5.91 Å². The van der Waals surface area contributed by atoms with Gasteiger partial charge in [0.1, 0.15) is 5.75 Å². The van der Waals surface area contributed by atoms with Gasteiger partial charge in [-0.1, -0.05) is 11.6 Å². The summed E-state index contributed by atoms with van der Waals surface area (Å²) in [5, 5.41) is 2.88. The number of hydrogen-bond acceptors (Lipinski definition) is 4. The number of carbonyl (C=O) groups is 2. The van der Waals surface area contributed by atoms with Gasteiger partial charge in [0.25, 0.3) is 5.91 Å². The van der Waals surface area contributed by atoms with Crippen LogP contribution < -0.4 is 20.9 Å². The van der Waals surface area contributed by atoms with E-state index in [1.807, 2.05) is 0 Å². The molecule has 0 spiro atoms.